The van der Waals surface area contributed by atoms with E-state index in [1.807, 2.05) is 0 Å². The third kappa shape index (κ3) is 2.64. The third-order valence-corrected chi connectivity index (χ3v) is 4.39. The highest BCUT2D eigenvalue weighted by Crippen LogP contribution is 2.20. The summed E-state index contributed by atoms with van der Waals surface area (Å²) in [5.74, 6) is 0.306. The van der Waals surface area contributed by atoms with Gasteiger partial charge < -0.3 is 10.5 Å². The summed E-state index contributed by atoms with van der Waals surface area (Å²) in [4.78, 5) is 30.8. The molecule has 24 heavy (non-hydrogen) atoms. The molecule has 0 bridgehead atoms. The van der Waals surface area contributed by atoms with Crippen LogP contribution >= 0.6 is 0 Å². The van der Waals surface area contributed by atoms with E-state index < -0.39 is 21.4 Å². The first-order chi connectivity index (χ1) is 10.7. The summed E-state index contributed by atoms with van der Waals surface area (Å²) in [7, 11) is -1.42. The molecular weight excluding hydrogens is 340 g/mol. The number of imidazole rings is 1. The van der Waals surface area contributed by atoms with Gasteiger partial charge >= 0.3 is 5.69 Å². The van der Waals surface area contributed by atoms with Gasteiger partial charge in [0.15, 0.2) is 5.65 Å². The predicted octanol–water partition coefficient (Wildman–Crippen LogP) is -0.951. The zero-order chi connectivity index (χ0) is 16.9. The van der Waals surface area contributed by atoms with Crippen LogP contribution in [0.3, 0.4) is 0 Å². The van der Waals surface area contributed by atoms with Gasteiger partial charge in [-0.05, 0) is 24.3 Å². The zero-order valence-corrected chi connectivity index (χ0v) is 13.5. The van der Waals surface area contributed by atoms with E-state index in [0.29, 0.717) is 11.4 Å². The van der Waals surface area contributed by atoms with Crippen LogP contribution in [-0.2, 0) is 24.2 Å². The quantitative estimate of drug-likeness (QED) is 0.564. The highest BCUT2D eigenvalue weighted by Gasteiger charge is 2.15. The van der Waals surface area contributed by atoms with Crippen LogP contribution in [0.15, 0.2) is 38.8 Å². The molecular formula is C13H14N4O6S. The molecule has 0 aliphatic carbocycles. The van der Waals surface area contributed by atoms with E-state index in [-0.39, 0.29) is 21.5 Å². The Labute approximate surface area is 135 Å². The second-order valence-electron chi connectivity index (χ2n) is 4.99. The largest absolute Gasteiger partial charge is 0.412 e. The first-order valence-electron chi connectivity index (χ1n) is 6.44. The van der Waals surface area contributed by atoms with Crippen molar-refractivity contribution in [2.45, 2.75) is 4.90 Å². The van der Waals surface area contributed by atoms with E-state index in [1.165, 1.54) is 42.9 Å². The number of aromatic nitrogens is 4. The molecule has 2 heterocycles. The van der Waals surface area contributed by atoms with Crippen LogP contribution in [0, 0.1) is 0 Å². The molecule has 1 aromatic carbocycles. The number of rotatable bonds is 2. The summed E-state index contributed by atoms with van der Waals surface area (Å²) in [5.41, 5.74) is -0.128. The van der Waals surface area contributed by atoms with Crippen LogP contribution < -0.4 is 11.2 Å². The van der Waals surface area contributed by atoms with E-state index in [0.717, 1.165) is 4.57 Å². The number of hydrogen-bond acceptors (Lipinski definition) is 5. The van der Waals surface area contributed by atoms with Gasteiger partial charge in [-0.3, -0.25) is 18.5 Å². The third-order valence-electron chi connectivity index (χ3n) is 3.52. The number of fused-ring (bicyclic) bond motifs is 1. The number of benzene rings is 1. The van der Waals surface area contributed by atoms with E-state index in [9.17, 15) is 18.0 Å². The van der Waals surface area contributed by atoms with Crippen LogP contribution in [0.4, 0.5) is 0 Å². The fourth-order valence-electron chi connectivity index (χ4n) is 2.25. The van der Waals surface area contributed by atoms with Gasteiger partial charge in [-0.1, -0.05) is 0 Å². The number of aromatic amines is 1. The maximum absolute atomic E-state index is 12.1. The Bertz CT molecular complexity index is 1140. The van der Waals surface area contributed by atoms with E-state index >= 15 is 0 Å². The van der Waals surface area contributed by atoms with Gasteiger partial charge in [0.05, 0.1) is 4.90 Å². The standard InChI is InChI=1S/C13H12N4O5S.H2O/c1-16-11-9(12(18)17(2)13(16)19)14-10(15-11)7-3-5-8(6-4-7)23(20,21)22;/h3-6H,1-2H3,(H,14,15)(H,20,21,22);1H2. The maximum atomic E-state index is 12.1. The Hall–Kier alpha value is -2.76. The van der Waals surface area contributed by atoms with Crippen LogP contribution in [-0.4, -0.2) is 37.5 Å². The highest BCUT2D eigenvalue weighted by atomic mass is 32.2. The van der Waals surface area contributed by atoms with Crippen molar-refractivity contribution in [2.75, 3.05) is 0 Å². The first-order valence-corrected chi connectivity index (χ1v) is 7.88. The Morgan fingerprint density at radius 3 is 2.21 bits per heavy atom. The normalized spacial score (nSPS) is 11.5. The maximum Gasteiger partial charge on any atom is 0.332 e. The van der Waals surface area contributed by atoms with Crippen molar-refractivity contribution in [1.29, 1.82) is 0 Å². The SMILES string of the molecule is Cn1c(=O)c2[nH]c(-c3ccc(S(=O)(=O)O)cc3)nc2n(C)c1=O.O. The Morgan fingerprint density at radius 1 is 1.08 bits per heavy atom. The number of aryl methyl sites for hydroxylation is 1. The average Bonchev–Trinajstić information content (AvgIpc) is 2.95. The molecule has 0 saturated heterocycles. The minimum absolute atomic E-state index is 0. The summed E-state index contributed by atoms with van der Waals surface area (Å²) in [6, 6.07) is 5.30. The lowest BCUT2D eigenvalue weighted by atomic mass is 10.2. The molecule has 0 spiro atoms. The van der Waals surface area contributed by atoms with Crippen LogP contribution in [0.5, 0.6) is 0 Å². The summed E-state index contributed by atoms with van der Waals surface area (Å²) >= 11 is 0. The minimum atomic E-state index is -4.28. The summed E-state index contributed by atoms with van der Waals surface area (Å²) in [6.45, 7) is 0. The lowest BCUT2D eigenvalue weighted by molar-refractivity contribution is 0.483. The molecule has 0 amide bonds. The van der Waals surface area contributed by atoms with Crippen molar-refractivity contribution in [3.8, 4) is 11.4 Å². The Kier molecular flexibility index (Phi) is 4.18. The van der Waals surface area contributed by atoms with E-state index in [4.69, 9.17) is 4.55 Å². The predicted molar refractivity (Wildman–Crippen MR) is 85.4 cm³/mol. The molecule has 2 aromatic heterocycles. The van der Waals surface area contributed by atoms with Crippen molar-refractivity contribution in [2.24, 2.45) is 14.1 Å². The smallest absolute Gasteiger partial charge is 0.332 e. The summed E-state index contributed by atoms with van der Waals surface area (Å²) in [6.07, 6.45) is 0. The number of H-pyrrole nitrogens is 1. The molecule has 0 fully saturated rings. The monoisotopic (exact) mass is 354 g/mol. The highest BCUT2D eigenvalue weighted by molar-refractivity contribution is 7.85. The molecule has 4 N–H and O–H groups in total. The average molecular weight is 354 g/mol. The molecule has 0 unspecified atom stereocenters. The molecule has 10 nitrogen and oxygen atoms in total. The molecule has 3 aromatic rings. The molecule has 3 rings (SSSR count). The first kappa shape index (κ1) is 17.6. The molecule has 0 aliphatic heterocycles. The van der Waals surface area contributed by atoms with Gasteiger partial charge in [-0.15, -0.1) is 0 Å². The van der Waals surface area contributed by atoms with Crippen LogP contribution in [0.2, 0.25) is 0 Å². The molecule has 128 valence electrons. The fourth-order valence-corrected chi connectivity index (χ4v) is 2.73. The summed E-state index contributed by atoms with van der Waals surface area (Å²) in [5, 5.41) is 0. The molecule has 11 heteroatoms. The Balaban J connectivity index is 0.00000208. The lowest BCUT2D eigenvalue weighted by Crippen LogP contribution is -2.36. The lowest BCUT2D eigenvalue weighted by Gasteiger charge is -2.00. The summed E-state index contributed by atoms with van der Waals surface area (Å²) < 4.78 is 33.2. The van der Waals surface area contributed by atoms with Gasteiger partial charge in [0.2, 0.25) is 0 Å². The van der Waals surface area contributed by atoms with Crippen molar-refractivity contribution in [3.63, 3.8) is 0 Å². The van der Waals surface area contributed by atoms with Gasteiger partial charge in [-0.2, -0.15) is 8.42 Å². The fraction of sp³-hybridized carbons (Fsp3) is 0.154. The minimum Gasteiger partial charge on any atom is -0.412 e. The number of hydrogen-bond donors (Lipinski definition) is 2. The van der Waals surface area contributed by atoms with E-state index in [2.05, 4.69) is 9.97 Å². The van der Waals surface area contributed by atoms with Crippen LogP contribution in [0.25, 0.3) is 22.6 Å². The molecule has 0 radical (unpaired) electrons. The second-order valence-corrected chi connectivity index (χ2v) is 6.41. The van der Waals surface area contributed by atoms with Crippen molar-refractivity contribution in [1.82, 2.24) is 19.1 Å². The van der Waals surface area contributed by atoms with Crippen LogP contribution in [0.1, 0.15) is 0 Å². The van der Waals surface area contributed by atoms with Gasteiger partial charge in [0.1, 0.15) is 11.3 Å². The van der Waals surface area contributed by atoms with E-state index in [1.54, 1.807) is 0 Å². The van der Waals surface area contributed by atoms with Gasteiger partial charge in [0.25, 0.3) is 15.7 Å². The van der Waals surface area contributed by atoms with Crippen molar-refractivity contribution in [3.05, 3.63) is 45.1 Å². The topological polar surface area (TPSA) is 159 Å². The molecule has 0 aliphatic rings. The molecule has 0 atom stereocenters. The van der Waals surface area contributed by atoms with Gasteiger partial charge in [0, 0.05) is 19.7 Å². The zero-order valence-electron chi connectivity index (χ0n) is 12.6. The number of nitrogens with zero attached hydrogens (tertiary/aromatic N) is 3. The Morgan fingerprint density at radius 2 is 1.67 bits per heavy atom. The molecule has 0 saturated carbocycles. The van der Waals surface area contributed by atoms with Crippen molar-refractivity contribution < 1.29 is 18.4 Å². The number of nitrogens with one attached hydrogen (secondary N) is 1. The van der Waals surface area contributed by atoms with Crippen molar-refractivity contribution >= 4 is 21.3 Å². The second kappa shape index (κ2) is 5.70. The van der Waals surface area contributed by atoms with Gasteiger partial charge in [-0.25, -0.2) is 9.78 Å².